The molecule has 1 saturated heterocycles. The zero-order chi connectivity index (χ0) is 15.5. The van der Waals surface area contributed by atoms with Crippen molar-refractivity contribution in [2.24, 2.45) is 4.99 Å². The number of hydrogen-bond donors (Lipinski definition) is 1. The molecular formula is C16H26IN5S. The van der Waals surface area contributed by atoms with Crippen molar-refractivity contribution >= 4 is 41.3 Å². The van der Waals surface area contributed by atoms with E-state index in [4.69, 9.17) is 0 Å². The summed E-state index contributed by atoms with van der Waals surface area (Å²) in [4.78, 5) is 15.3. The fourth-order valence-electron chi connectivity index (χ4n) is 3.13. The Morgan fingerprint density at radius 2 is 2.13 bits per heavy atom. The molecule has 1 fully saturated rings. The molecule has 1 aromatic heterocycles. The Balaban J connectivity index is 0.00000192. The highest BCUT2D eigenvalue weighted by molar-refractivity contribution is 14.0. The Kier molecular flexibility index (Phi) is 6.84. The van der Waals surface area contributed by atoms with E-state index in [1.807, 2.05) is 7.05 Å². The molecule has 1 aromatic rings. The molecule has 23 heavy (non-hydrogen) atoms. The molecule has 1 unspecified atom stereocenters. The zero-order valence-electron chi connectivity index (χ0n) is 14.1. The molecule has 0 aromatic carbocycles. The van der Waals surface area contributed by atoms with E-state index in [-0.39, 0.29) is 24.0 Å². The minimum Gasteiger partial charge on any atom is -0.350 e. The Bertz CT molecular complexity index is 556. The average Bonchev–Trinajstić information content (AvgIpc) is 3.22. The number of rotatable bonds is 3. The molecule has 0 spiro atoms. The van der Waals surface area contributed by atoms with Gasteiger partial charge in [-0.3, -0.25) is 9.89 Å². The van der Waals surface area contributed by atoms with Crippen LogP contribution in [0.1, 0.15) is 22.0 Å². The number of aromatic nitrogens is 1. The van der Waals surface area contributed by atoms with E-state index in [1.54, 1.807) is 11.3 Å². The Morgan fingerprint density at radius 3 is 2.74 bits per heavy atom. The summed E-state index contributed by atoms with van der Waals surface area (Å²) in [5.74, 6) is 1.00. The summed E-state index contributed by atoms with van der Waals surface area (Å²) >= 11 is 1.77. The van der Waals surface area contributed by atoms with Crippen LogP contribution in [-0.4, -0.2) is 60.0 Å². The first-order valence-electron chi connectivity index (χ1n) is 7.95. The predicted molar refractivity (Wildman–Crippen MR) is 108 cm³/mol. The number of hydrogen-bond acceptors (Lipinski definition) is 4. The van der Waals surface area contributed by atoms with Crippen LogP contribution < -0.4 is 5.32 Å². The monoisotopic (exact) mass is 447 g/mol. The smallest absolute Gasteiger partial charge is 0.194 e. The van der Waals surface area contributed by atoms with Gasteiger partial charge in [0.25, 0.3) is 0 Å². The molecule has 2 aliphatic rings. The topological polar surface area (TPSA) is 43.8 Å². The lowest BCUT2D eigenvalue weighted by atomic mass is 10.2. The van der Waals surface area contributed by atoms with Crippen LogP contribution in [0, 0.1) is 13.8 Å². The van der Waals surface area contributed by atoms with Gasteiger partial charge < -0.3 is 10.2 Å². The molecule has 0 amide bonds. The minimum absolute atomic E-state index is 0. The highest BCUT2D eigenvalue weighted by atomic mass is 127. The summed E-state index contributed by atoms with van der Waals surface area (Å²) in [5.41, 5.74) is 1.14. The van der Waals surface area contributed by atoms with E-state index in [9.17, 15) is 0 Å². The summed E-state index contributed by atoms with van der Waals surface area (Å²) in [6, 6.07) is 0.651. The van der Waals surface area contributed by atoms with Crippen molar-refractivity contribution in [1.29, 1.82) is 0 Å². The summed E-state index contributed by atoms with van der Waals surface area (Å²) in [6.45, 7) is 9.30. The number of likely N-dealkylation sites (tertiary alicyclic amines) is 1. The fourth-order valence-corrected chi connectivity index (χ4v) is 4.00. The number of nitrogens with zero attached hydrogens (tertiary/aromatic N) is 4. The van der Waals surface area contributed by atoms with Gasteiger partial charge in [-0.1, -0.05) is 12.2 Å². The molecule has 1 atom stereocenters. The quantitative estimate of drug-likeness (QED) is 0.335. The average molecular weight is 447 g/mol. The van der Waals surface area contributed by atoms with Crippen molar-refractivity contribution in [3.05, 3.63) is 27.7 Å². The standard InChI is InChI=1S/C16H25N5S.HI/c1-12-13(2)22-15(19-12)10-18-16(17-3)21-9-6-14(11-21)20-7-4-5-8-20;/h4-5,14H,6-11H2,1-3H3,(H,17,18);1H. The van der Waals surface area contributed by atoms with Gasteiger partial charge in [-0.15, -0.1) is 35.3 Å². The van der Waals surface area contributed by atoms with Crippen LogP contribution in [0.3, 0.4) is 0 Å². The van der Waals surface area contributed by atoms with Gasteiger partial charge in [0.2, 0.25) is 0 Å². The number of aliphatic imine (C=N–C) groups is 1. The van der Waals surface area contributed by atoms with Gasteiger partial charge in [0, 0.05) is 44.1 Å². The molecular weight excluding hydrogens is 421 g/mol. The Labute approximate surface area is 159 Å². The van der Waals surface area contributed by atoms with Crippen LogP contribution in [-0.2, 0) is 6.54 Å². The highest BCUT2D eigenvalue weighted by Crippen LogP contribution is 2.19. The lowest BCUT2D eigenvalue weighted by molar-refractivity contribution is 0.259. The minimum atomic E-state index is 0. The summed E-state index contributed by atoms with van der Waals surface area (Å²) < 4.78 is 0. The molecule has 3 heterocycles. The van der Waals surface area contributed by atoms with Crippen LogP contribution in [0.2, 0.25) is 0 Å². The van der Waals surface area contributed by atoms with Gasteiger partial charge in [0.15, 0.2) is 5.96 Å². The van der Waals surface area contributed by atoms with Gasteiger partial charge in [-0.2, -0.15) is 0 Å². The Morgan fingerprint density at radius 1 is 1.39 bits per heavy atom. The van der Waals surface area contributed by atoms with Crippen molar-refractivity contribution < 1.29 is 0 Å². The summed E-state index contributed by atoms with van der Waals surface area (Å²) in [7, 11) is 1.87. The molecule has 1 N–H and O–H groups in total. The van der Waals surface area contributed by atoms with Crippen LogP contribution in [0.5, 0.6) is 0 Å². The van der Waals surface area contributed by atoms with Gasteiger partial charge in [-0.05, 0) is 20.3 Å². The zero-order valence-corrected chi connectivity index (χ0v) is 17.2. The van der Waals surface area contributed by atoms with E-state index in [0.29, 0.717) is 6.04 Å². The lowest BCUT2D eigenvalue weighted by Crippen LogP contribution is -2.42. The molecule has 0 aliphatic carbocycles. The second kappa shape index (κ2) is 8.43. The van der Waals surface area contributed by atoms with Crippen LogP contribution in [0.15, 0.2) is 17.1 Å². The molecule has 5 nitrogen and oxygen atoms in total. The number of thiazole rings is 1. The number of guanidine groups is 1. The third-order valence-electron chi connectivity index (χ3n) is 4.51. The van der Waals surface area contributed by atoms with Crippen molar-refractivity contribution in [1.82, 2.24) is 20.1 Å². The maximum absolute atomic E-state index is 4.59. The SMILES string of the molecule is CN=C(NCc1nc(C)c(C)s1)N1CCC(N2CC=CC2)C1.I. The normalized spacial score (nSPS) is 21.8. The van der Waals surface area contributed by atoms with Gasteiger partial charge in [-0.25, -0.2) is 4.98 Å². The van der Waals surface area contributed by atoms with Crippen LogP contribution >= 0.6 is 35.3 Å². The fraction of sp³-hybridized carbons (Fsp3) is 0.625. The third-order valence-corrected chi connectivity index (χ3v) is 5.58. The number of halogens is 1. The largest absolute Gasteiger partial charge is 0.350 e. The molecule has 128 valence electrons. The van der Waals surface area contributed by atoms with Crippen molar-refractivity contribution in [2.75, 3.05) is 33.2 Å². The van der Waals surface area contributed by atoms with Crippen molar-refractivity contribution in [3.63, 3.8) is 0 Å². The van der Waals surface area contributed by atoms with Crippen LogP contribution in [0.4, 0.5) is 0 Å². The number of nitrogens with one attached hydrogen (secondary N) is 1. The maximum atomic E-state index is 4.59. The van der Waals surface area contributed by atoms with E-state index in [2.05, 4.69) is 51.1 Å². The predicted octanol–water partition coefficient (Wildman–Crippen LogP) is 2.40. The van der Waals surface area contributed by atoms with Crippen LogP contribution in [0.25, 0.3) is 0 Å². The van der Waals surface area contributed by atoms with E-state index < -0.39 is 0 Å². The first-order chi connectivity index (χ1) is 10.7. The van der Waals surface area contributed by atoms with E-state index in [1.165, 1.54) is 11.3 Å². The molecule has 0 radical (unpaired) electrons. The molecule has 0 bridgehead atoms. The second-order valence-electron chi connectivity index (χ2n) is 5.96. The van der Waals surface area contributed by atoms with E-state index in [0.717, 1.165) is 49.4 Å². The maximum Gasteiger partial charge on any atom is 0.194 e. The molecule has 3 rings (SSSR count). The first-order valence-corrected chi connectivity index (χ1v) is 8.76. The number of aryl methyl sites for hydroxylation is 2. The third kappa shape index (κ3) is 4.45. The molecule has 0 saturated carbocycles. The van der Waals surface area contributed by atoms with E-state index >= 15 is 0 Å². The van der Waals surface area contributed by atoms with Gasteiger partial charge in [0.05, 0.1) is 12.2 Å². The summed E-state index contributed by atoms with van der Waals surface area (Å²) in [5, 5.41) is 4.60. The van der Waals surface area contributed by atoms with Crippen molar-refractivity contribution in [3.8, 4) is 0 Å². The Hall–Kier alpha value is -0.670. The summed E-state index contributed by atoms with van der Waals surface area (Å²) in [6.07, 6.45) is 5.75. The first kappa shape index (κ1) is 18.7. The molecule has 2 aliphatic heterocycles. The van der Waals surface area contributed by atoms with Crippen molar-refractivity contribution in [2.45, 2.75) is 32.9 Å². The second-order valence-corrected chi connectivity index (χ2v) is 7.25. The van der Waals surface area contributed by atoms with Gasteiger partial charge >= 0.3 is 0 Å². The van der Waals surface area contributed by atoms with Gasteiger partial charge in [0.1, 0.15) is 5.01 Å². The lowest BCUT2D eigenvalue weighted by Gasteiger charge is -2.25. The molecule has 7 heteroatoms. The highest BCUT2D eigenvalue weighted by Gasteiger charge is 2.29.